The fourth-order valence-electron chi connectivity index (χ4n) is 1.86. The number of hydrogen-bond acceptors (Lipinski definition) is 3. The average molecular weight is 241 g/mol. The molecule has 0 unspecified atom stereocenters. The van der Waals surface area contributed by atoms with E-state index >= 15 is 0 Å². The first kappa shape index (κ1) is 11.4. The quantitative estimate of drug-likeness (QED) is 0.752. The van der Waals surface area contributed by atoms with E-state index in [1.807, 2.05) is 0 Å². The van der Waals surface area contributed by atoms with Gasteiger partial charge in [-0.15, -0.1) is 0 Å². The normalized spacial score (nSPS) is 20.2. The largest absolute Gasteiger partial charge is 0.391 e. The minimum atomic E-state index is -0.401. The van der Waals surface area contributed by atoms with Gasteiger partial charge in [0.05, 0.1) is 6.10 Å². The molecule has 0 bridgehead atoms. The molecule has 0 radical (unpaired) electrons. The van der Waals surface area contributed by atoms with Crippen LogP contribution in [0.5, 0.6) is 0 Å². The minimum Gasteiger partial charge on any atom is -0.391 e. The molecule has 2 heterocycles. The van der Waals surface area contributed by atoms with E-state index in [9.17, 15) is 9.90 Å². The first-order valence-electron chi connectivity index (χ1n) is 5.18. The van der Waals surface area contributed by atoms with Crippen LogP contribution in [0.3, 0.4) is 0 Å². The van der Waals surface area contributed by atoms with Crippen LogP contribution in [0, 0.1) is 6.92 Å². The van der Waals surface area contributed by atoms with Crippen LogP contribution in [-0.4, -0.2) is 40.1 Å². The first-order valence-corrected chi connectivity index (χ1v) is 5.55. The third-order valence-electron chi connectivity index (χ3n) is 2.62. The van der Waals surface area contributed by atoms with E-state index in [1.165, 1.54) is 0 Å². The summed E-state index contributed by atoms with van der Waals surface area (Å²) in [5.74, 6) is -0.0936. The van der Waals surface area contributed by atoms with Gasteiger partial charge in [-0.25, -0.2) is 4.98 Å². The lowest BCUT2D eigenvalue weighted by atomic mass is 10.2. The van der Waals surface area contributed by atoms with Gasteiger partial charge in [0.25, 0.3) is 5.91 Å². The fraction of sp³-hybridized carbons (Fsp3) is 0.455. The molecule has 1 fully saturated rings. The predicted molar refractivity (Wildman–Crippen MR) is 60.5 cm³/mol. The van der Waals surface area contributed by atoms with Crippen LogP contribution in [0.15, 0.2) is 12.1 Å². The number of likely N-dealkylation sites (tertiary alicyclic amines) is 1. The second kappa shape index (κ2) is 4.39. The third-order valence-corrected chi connectivity index (χ3v) is 2.81. The highest BCUT2D eigenvalue weighted by Crippen LogP contribution is 2.16. The van der Waals surface area contributed by atoms with Gasteiger partial charge in [-0.3, -0.25) is 4.79 Å². The summed E-state index contributed by atoms with van der Waals surface area (Å²) in [5.41, 5.74) is 1.25. The van der Waals surface area contributed by atoms with Crippen molar-refractivity contribution < 1.29 is 9.90 Å². The maximum Gasteiger partial charge on any atom is 0.254 e. The smallest absolute Gasteiger partial charge is 0.254 e. The highest BCUT2D eigenvalue weighted by molar-refractivity contribution is 6.29. The summed E-state index contributed by atoms with van der Waals surface area (Å²) in [5, 5.41) is 9.69. The number of aromatic nitrogens is 1. The number of carbonyl (C=O) groups is 1. The zero-order valence-corrected chi connectivity index (χ0v) is 9.74. The maximum atomic E-state index is 12.0. The van der Waals surface area contributed by atoms with Crippen LogP contribution in [0.1, 0.15) is 22.5 Å². The molecule has 0 spiro atoms. The van der Waals surface area contributed by atoms with Crippen LogP contribution < -0.4 is 0 Å². The number of aliphatic hydroxyl groups excluding tert-OH is 1. The number of nitrogens with zero attached hydrogens (tertiary/aromatic N) is 2. The molecular formula is C11H13ClN2O2. The van der Waals surface area contributed by atoms with E-state index < -0.39 is 6.10 Å². The summed E-state index contributed by atoms with van der Waals surface area (Å²) in [6.07, 6.45) is 0.242. The molecule has 5 heteroatoms. The number of rotatable bonds is 1. The minimum absolute atomic E-state index is 0.0936. The van der Waals surface area contributed by atoms with E-state index in [0.717, 1.165) is 5.69 Å². The molecule has 1 aliphatic heterocycles. The number of aryl methyl sites for hydroxylation is 1. The van der Waals surface area contributed by atoms with E-state index in [0.29, 0.717) is 30.2 Å². The number of β-amino-alcohol motifs (C(OH)–C–C–N with tert-alkyl or cyclic N) is 1. The number of aliphatic hydroxyl groups is 1. The van der Waals surface area contributed by atoms with Crippen molar-refractivity contribution in [2.75, 3.05) is 13.1 Å². The second-order valence-corrected chi connectivity index (χ2v) is 4.40. The Morgan fingerprint density at radius 3 is 2.94 bits per heavy atom. The van der Waals surface area contributed by atoms with Crippen LogP contribution in [0.4, 0.5) is 0 Å². The Hall–Kier alpha value is -1.13. The summed E-state index contributed by atoms with van der Waals surface area (Å²) < 4.78 is 0. The predicted octanol–water partition coefficient (Wildman–Crippen LogP) is 1.25. The summed E-state index contributed by atoms with van der Waals surface area (Å²) in [7, 11) is 0. The van der Waals surface area contributed by atoms with Crippen molar-refractivity contribution >= 4 is 17.5 Å². The molecule has 1 N–H and O–H groups in total. The Bertz CT molecular complexity index is 402. The standard InChI is InChI=1S/C11H13ClN2O2/c1-7-4-8(5-10(12)13-7)11(16)14-3-2-9(15)6-14/h4-5,9,15H,2-3,6H2,1H3/t9-/m1/s1. The van der Waals surface area contributed by atoms with Gasteiger partial charge in [0.1, 0.15) is 5.15 Å². The van der Waals surface area contributed by atoms with Gasteiger partial charge >= 0.3 is 0 Å². The Morgan fingerprint density at radius 1 is 1.62 bits per heavy atom. The van der Waals surface area contributed by atoms with Crippen LogP contribution in [0.25, 0.3) is 0 Å². The van der Waals surface area contributed by atoms with Gasteiger partial charge in [-0.1, -0.05) is 11.6 Å². The summed E-state index contributed by atoms with van der Waals surface area (Å²) >= 11 is 5.80. The molecule has 1 aromatic rings. The number of amides is 1. The maximum absolute atomic E-state index is 12.0. The highest BCUT2D eigenvalue weighted by Gasteiger charge is 2.25. The molecule has 1 amide bonds. The van der Waals surface area contributed by atoms with Crippen molar-refractivity contribution in [1.82, 2.24) is 9.88 Å². The first-order chi connectivity index (χ1) is 7.56. The molecule has 1 aliphatic rings. The lowest BCUT2D eigenvalue weighted by Crippen LogP contribution is -2.29. The van der Waals surface area contributed by atoms with Crippen molar-refractivity contribution in [3.63, 3.8) is 0 Å². The van der Waals surface area contributed by atoms with Crippen LogP contribution in [0.2, 0.25) is 5.15 Å². The van der Waals surface area contributed by atoms with Gasteiger partial charge in [0.2, 0.25) is 0 Å². The fourth-order valence-corrected chi connectivity index (χ4v) is 2.11. The van der Waals surface area contributed by atoms with E-state index in [4.69, 9.17) is 11.6 Å². The Morgan fingerprint density at radius 2 is 2.38 bits per heavy atom. The third kappa shape index (κ3) is 2.33. The zero-order valence-electron chi connectivity index (χ0n) is 8.98. The van der Waals surface area contributed by atoms with Gasteiger partial charge < -0.3 is 10.0 Å². The number of halogens is 1. The molecular weight excluding hydrogens is 228 g/mol. The number of pyridine rings is 1. The molecule has 0 saturated carbocycles. The van der Waals surface area contributed by atoms with Gasteiger partial charge in [-0.05, 0) is 25.5 Å². The number of carbonyl (C=O) groups excluding carboxylic acids is 1. The monoisotopic (exact) mass is 240 g/mol. The molecule has 2 rings (SSSR count). The summed E-state index contributed by atoms with van der Waals surface area (Å²) in [6, 6.07) is 3.26. The molecule has 1 atom stereocenters. The van der Waals surface area contributed by atoms with Crippen LogP contribution in [-0.2, 0) is 0 Å². The van der Waals surface area contributed by atoms with Crippen molar-refractivity contribution in [1.29, 1.82) is 0 Å². The average Bonchev–Trinajstić information content (AvgIpc) is 2.62. The van der Waals surface area contributed by atoms with E-state index in [2.05, 4.69) is 4.98 Å². The Kier molecular flexibility index (Phi) is 3.12. The Labute approximate surface area is 98.9 Å². The molecule has 16 heavy (non-hydrogen) atoms. The SMILES string of the molecule is Cc1cc(C(=O)N2CC[C@@H](O)C2)cc(Cl)n1. The van der Waals surface area contributed by atoms with Gasteiger partial charge in [-0.2, -0.15) is 0 Å². The van der Waals surface area contributed by atoms with Gasteiger partial charge in [0.15, 0.2) is 0 Å². The van der Waals surface area contributed by atoms with E-state index in [1.54, 1.807) is 24.0 Å². The van der Waals surface area contributed by atoms with Crippen molar-refractivity contribution in [3.8, 4) is 0 Å². The molecule has 0 aliphatic carbocycles. The lowest BCUT2D eigenvalue weighted by molar-refractivity contribution is 0.0765. The highest BCUT2D eigenvalue weighted by atomic mass is 35.5. The van der Waals surface area contributed by atoms with Crippen molar-refractivity contribution in [2.45, 2.75) is 19.4 Å². The molecule has 4 nitrogen and oxygen atoms in total. The summed E-state index contributed by atoms with van der Waals surface area (Å²) in [6.45, 7) is 2.79. The Balaban J connectivity index is 2.20. The van der Waals surface area contributed by atoms with Crippen molar-refractivity contribution in [2.24, 2.45) is 0 Å². The second-order valence-electron chi connectivity index (χ2n) is 4.01. The lowest BCUT2D eigenvalue weighted by Gasteiger charge is -2.15. The summed E-state index contributed by atoms with van der Waals surface area (Å²) in [4.78, 5) is 17.7. The van der Waals surface area contributed by atoms with Crippen molar-refractivity contribution in [3.05, 3.63) is 28.5 Å². The topological polar surface area (TPSA) is 53.4 Å². The van der Waals surface area contributed by atoms with E-state index in [-0.39, 0.29) is 5.91 Å². The zero-order chi connectivity index (χ0) is 11.7. The number of hydrogen-bond donors (Lipinski definition) is 1. The van der Waals surface area contributed by atoms with Gasteiger partial charge in [0, 0.05) is 24.3 Å². The van der Waals surface area contributed by atoms with Crippen LogP contribution >= 0.6 is 11.6 Å². The molecule has 1 aromatic heterocycles. The molecule has 0 aromatic carbocycles. The molecule has 86 valence electrons. The molecule has 1 saturated heterocycles.